The van der Waals surface area contributed by atoms with E-state index < -0.39 is 0 Å². The Labute approximate surface area is 206 Å². The van der Waals surface area contributed by atoms with Crippen molar-refractivity contribution >= 4 is 56.5 Å². The molecule has 3 N–H and O–H groups in total. The summed E-state index contributed by atoms with van der Waals surface area (Å²) >= 11 is 7.61. The average Bonchev–Trinajstić information content (AvgIpc) is 3.35. The molecule has 2 aromatic carbocycles. The largest absolute Gasteiger partial charge is 0.506 e. The van der Waals surface area contributed by atoms with Gasteiger partial charge < -0.3 is 20.3 Å². The summed E-state index contributed by atoms with van der Waals surface area (Å²) in [7, 11) is 0. The molecule has 0 aliphatic rings. The van der Waals surface area contributed by atoms with Gasteiger partial charge in [0.1, 0.15) is 12.3 Å². The van der Waals surface area contributed by atoms with Gasteiger partial charge in [-0.25, -0.2) is 4.98 Å². The molecule has 2 amide bonds. The molecule has 0 saturated heterocycles. The van der Waals surface area contributed by atoms with Crippen LogP contribution < -0.4 is 10.6 Å². The Kier molecular flexibility index (Phi) is 6.63. The van der Waals surface area contributed by atoms with Crippen LogP contribution in [0.2, 0.25) is 5.02 Å². The van der Waals surface area contributed by atoms with Crippen LogP contribution in [0.5, 0.6) is 5.75 Å². The summed E-state index contributed by atoms with van der Waals surface area (Å²) < 4.78 is 1.77. The van der Waals surface area contributed by atoms with Gasteiger partial charge in [-0.1, -0.05) is 44.5 Å². The molecule has 0 unspecified atom stereocenters. The monoisotopic (exact) mass is 496 g/mol. The third-order valence-corrected chi connectivity index (χ3v) is 6.28. The standard InChI is InChI=1S/C25H25ClN4O3S/c1-25(2,3)21-14-34-24(28-21)29-22(32)10-15-12-30(19-9-8-16(26)11-17(15)19)13-23(33)27-18-6-4-5-7-20(18)31/h4-9,11-12,14,31H,10,13H2,1-3H3,(H,27,33)(H,28,29,32). The number of aromatic hydroxyl groups is 1. The lowest BCUT2D eigenvalue weighted by molar-refractivity contribution is -0.117. The Morgan fingerprint density at radius 1 is 1.12 bits per heavy atom. The van der Waals surface area contributed by atoms with Gasteiger partial charge in [-0.05, 0) is 35.9 Å². The van der Waals surface area contributed by atoms with Crippen molar-refractivity contribution < 1.29 is 14.7 Å². The van der Waals surface area contributed by atoms with E-state index in [-0.39, 0.29) is 35.9 Å². The van der Waals surface area contributed by atoms with Crippen molar-refractivity contribution in [1.82, 2.24) is 9.55 Å². The molecule has 2 aromatic heterocycles. The molecule has 0 radical (unpaired) electrons. The number of rotatable bonds is 6. The SMILES string of the molecule is CC(C)(C)c1csc(NC(=O)Cc2cn(CC(=O)Nc3ccccc3O)c3ccc(Cl)cc23)n1. The Balaban J connectivity index is 1.53. The first kappa shape index (κ1) is 23.8. The van der Waals surface area contributed by atoms with Gasteiger partial charge in [0.2, 0.25) is 11.8 Å². The molecule has 9 heteroatoms. The molecule has 0 fully saturated rings. The molecular weight excluding hydrogens is 472 g/mol. The molecule has 0 bridgehead atoms. The van der Waals surface area contributed by atoms with Crippen molar-refractivity contribution in [2.75, 3.05) is 10.6 Å². The number of nitrogens with one attached hydrogen (secondary N) is 2. The highest BCUT2D eigenvalue weighted by Gasteiger charge is 2.19. The lowest BCUT2D eigenvalue weighted by Gasteiger charge is -2.14. The third-order valence-electron chi connectivity index (χ3n) is 5.29. The Morgan fingerprint density at radius 2 is 1.88 bits per heavy atom. The van der Waals surface area contributed by atoms with E-state index in [4.69, 9.17) is 11.6 Å². The van der Waals surface area contributed by atoms with Crippen molar-refractivity contribution in [1.29, 1.82) is 0 Å². The molecule has 0 spiro atoms. The number of nitrogens with zero attached hydrogens (tertiary/aromatic N) is 2. The molecule has 0 aliphatic heterocycles. The van der Waals surface area contributed by atoms with Crippen LogP contribution in [0, 0.1) is 0 Å². The van der Waals surface area contributed by atoms with Crippen LogP contribution in [-0.2, 0) is 28.0 Å². The van der Waals surface area contributed by atoms with E-state index in [1.54, 1.807) is 41.1 Å². The van der Waals surface area contributed by atoms with Crippen LogP contribution in [-0.4, -0.2) is 26.5 Å². The highest BCUT2D eigenvalue weighted by Crippen LogP contribution is 2.28. The number of thiazole rings is 1. The maximum atomic E-state index is 12.8. The first-order valence-electron chi connectivity index (χ1n) is 10.7. The van der Waals surface area contributed by atoms with Crippen LogP contribution >= 0.6 is 22.9 Å². The second-order valence-corrected chi connectivity index (χ2v) is 10.3. The fourth-order valence-corrected chi connectivity index (χ4v) is 4.68. The Morgan fingerprint density at radius 3 is 2.59 bits per heavy atom. The summed E-state index contributed by atoms with van der Waals surface area (Å²) in [6.45, 7) is 6.22. The number of para-hydroxylation sites is 2. The summed E-state index contributed by atoms with van der Waals surface area (Å²) in [4.78, 5) is 29.9. The van der Waals surface area contributed by atoms with Gasteiger partial charge in [0.15, 0.2) is 5.13 Å². The molecule has 4 aromatic rings. The van der Waals surface area contributed by atoms with Gasteiger partial charge in [-0.3, -0.25) is 9.59 Å². The molecule has 0 saturated carbocycles. The lowest BCUT2D eigenvalue weighted by atomic mass is 9.93. The minimum absolute atomic E-state index is 0.00541. The minimum atomic E-state index is -0.304. The Hall–Kier alpha value is -3.36. The number of hydrogen-bond acceptors (Lipinski definition) is 5. The molecule has 7 nitrogen and oxygen atoms in total. The second kappa shape index (κ2) is 9.48. The van der Waals surface area contributed by atoms with Crippen molar-refractivity contribution in [3.8, 4) is 5.75 Å². The average molecular weight is 497 g/mol. The predicted octanol–water partition coefficient (Wildman–Crippen LogP) is 5.57. The molecule has 4 rings (SSSR count). The predicted molar refractivity (Wildman–Crippen MR) is 137 cm³/mol. The van der Waals surface area contributed by atoms with Crippen LogP contribution in [0.3, 0.4) is 0 Å². The third kappa shape index (κ3) is 5.40. The molecule has 2 heterocycles. The molecule has 0 atom stereocenters. The number of phenols is 1. The van der Waals surface area contributed by atoms with Crippen molar-refractivity contribution in [2.24, 2.45) is 0 Å². The van der Waals surface area contributed by atoms with E-state index in [0.29, 0.717) is 15.8 Å². The molecular formula is C25H25ClN4O3S. The maximum absolute atomic E-state index is 12.8. The summed E-state index contributed by atoms with van der Waals surface area (Å²) in [5.41, 5.74) is 2.69. The van der Waals surface area contributed by atoms with Crippen LogP contribution in [0.1, 0.15) is 32.0 Å². The van der Waals surface area contributed by atoms with Crippen LogP contribution in [0.15, 0.2) is 54.0 Å². The maximum Gasteiger partial charge on any atom is 0.244 e. The van der Waals surface area contributed by atoms with E-state index in [0.717, 1.165) is 22.2 Å². The number of benzene rings is 2. The topological polar surface area (TPSA) is 96.2 Å². The molecule has 0 aliphatic carbocycles. The van der Waals surface area contributed by atoms with Gasteiger partial charge >= 0.3 is 0 Å². The van der Waals surface area contributed by atoms with Gasteiger partial charge in [-0.15, -0.1) is 11.3 Å². The van der Waals surface area contributed by atoms with Crippen molar-refractivity contribution in [3.63, 3.8) is 0 Å². The number of hydrogen-bond donors (Lipinski definition) is 3. The minimum Gasteiger partial charge on any atom is -0.506 e. The van der Waals surface area contributed by atoms with Gasteiger partial charge in [0, 0.05) is 32.9 Å². The summed E-state index contributed by atoms with van der Waals surface area (Å²) in [6, 6.07) is 11.9. The fourth-order valence-electron chi connectivity index (χ4n) is 3.55. The first-order valence-corrected chi connectivity index (χ1v) is 12.0. The first-order chi connectivity index (χ1) is 16.1. The van der Waals surface area contributed by atoms with E-state index in [2.05, 4.69) is 36.4 Å². The number of carbonyl (C=O) groups is 2. The zero-order valence-electron chi connectivity index (χ0n) is 19.1. The van der Waals surface area contributed by atoms with E-state index in [1.807, 2.05) is 11.4 Å². The van der Waals surface area contributed by atoms with E-state index in [9.17, 15) is 14.7 Å². The second-order valence-electron chi connectivity index (χ2n) is 9.02. The number of anilines is 2. The summed E-state index contributed by atoms with van der Waals surface area (Å²) in [6.07, 6.45) is 1.89. The van der Waals surface area contributed by atoms with Gasteiger partial charge in [0.25, 0.3) is 0 Å². The highest BCUT2D eigenvalue weighted by atomic mass is 35.5. The van der Waals surface area contributed by atoms with Crippen molar-refractivity contribution in [3.05, 3.63) is 70.3 Å². The fraction of sp³-hybridized carbons (Fsp3) is 0.240. The number of amides is 2. The van der Waals surface area contributed by atoms with Crippen molar-refractivity contribution in [2.45, 2.75) is 39.2 Å². The molecule has 34 heavy (non-hydrogen) atoms. The van der Waals surface area contributed by atoms with Crippen LogP contribution in [0.4, 0.5) is 10.8 Å². The summed E-state index contributed by atoms with van der Waals surface area (Å²) in [5.74, 6) is -0.511. The molecule has 176 valence electrons. The number of carbonyl (C=O) groups excluding carboxylic acids is 2. The smallest absolute Gasteiger partial charge is 0.244 e. The Bertz CT molecular complexity index is 1370. The van der Waals surface area contributed by atoms with Crippen LogP contribution in [0.25, 0.3) is 10.9 Å². The van der Waals surface area contributed by atoms with Gasteiger partial charge in [-0.2, -0.15) is 0 Å². The highest BCUT2D eigenvalue weighted by molar-refractivity contribution is 7.13. The quantitative estimate of drug-likeness (QED) is 0.304. The van der Waals surface area contributed by atoms with Gasteiger partial charge in [0.05, 0.1) is 17.8 Å². The lowest BCUT2D eigenvalue weighted by Crippen LogP contribution is -2.18. The van der Waals surface area contributed by atoms with E-state index in [1.165, 1.54) is 17.4 Å². The normalized spacial score (nSPS) is 11.5. The zero-order chi connectivity index (χ0) is 24.5. The number of aromatic nitrogens is 2. The number of halogens is 1. The summed E-state index contributed by atoms with van der Waals surface area (Å²) in [5, 5.41) is 19.3. The zero-order valence-corrected chi connectivity index (χ0v) is 20.6. The van der Waals surface area contributed by atoms with E-state index >= 15 is 0 Å². The number of fused-ring (bicyclic) bond motifs is 1. The number of phenolic OH excluding ortho intramolecular Hbond substituents is 1.